The van der Waals surface area contributed by atoms with E-state index in [9.17, 15) is 15.0 Å². The van der Waals surface area contributed by atoms with E-state index in [0.29, 0.717) is 19.4 Å². The topological polar surface area (TPSA) is 76.0 Å². The van der Waals surface area contributed by atoms with Crippen molar-refractivity contribution in [2.75, 3.05) is 6.61 Å². The summed E-state index contributed by atoms with van der Waals surface area (Å²) in [6.07, 6.45) is 7.01. The lowest BCUT2D eigenvalue weighted by atomic mass is 10.0. The molecule has 0 aliphatic carbocycles. The van der Waals surface area contributed by atoms with Gasteiger partial charge in [-0.3, -0.25) is 4.79 Å². The summed E-state index contributed by atoms with van der Waals surface area (Å²) in [5, 5.41) is 20.4. The molecule has 0 aromatic rings. The Morgan fingerprint density at radius 1 is 1.04 bits per heavy atom. The minimum absolute atomic E-state index is 0.133. The van der Waals surface area contributed by atoms with Crippen LogP contribution in [-0.2, 0) is 14.3 Å². The van der Waals surface area contributed by atoms with Gasteiger partial charge < -0.3 is 19.7 Å². The summed E-state index contributed by atoms with van der Waals surface area (Å²) in [6.45, 7) is 4.36. The number of esters is 1. The lowest BCUT2D eigenvalue weighted by molar-refractivity contribution is -0.143. The van der Waals surface area contributed by atoms with Gasteiger partial charge in [0.2, 0.25) is 0 Å². The number of aliphatic hydroxyl groups excluding tert-OH is 2. The van der Waals surface area contributed by atoms with E-state index >= 15 is 0 Å². The highest BCUT2D eigenvalue weighted by Crippen LogP contribution is 2.28. The van der Waals surface area contributed by atoms with Crippen molar-refractivity contribution in [2.24, 2.45) is 0 Å². The van der Waals surface area contributed by atoms with Gasteiger partial charge in [-0.1, -0.05) is 32.6 Å². The van der Waals surface area contributed by atoms with Gasteiger partial charge in [-0.05, 0) is 39.0 Å². The van der Waals surface area contributed by atoms with Crippen LogP contribution in [0.2, 0.25) is 0 Å². The summed E-state index contributed by atoms with van der Waals surface area (Å²) in [5.41, 5.74) is 0. The Bertz CT molecular complexity index is 321. The average molecular weight is 330 g/mol. The Balaban J connectivity index is 2.15. The van der Waals surface area contributed by atoms with Crippen LogP contribution in [-0.4, -0.2) is 47.2 Å². The number of hydrogen-bond donors (Lipinski definition) is 2. The summed E-state index contributed by atoms with van der Waals surface area (Å²) in [4.78, 5) is 11.2. The molecule has 0 unspecified atom stereocenters. The van der Waals surface area contributed by atoms with Crippen LogP contribution >= 0.6 is 0 Å². The first kappa shape index (κ1) is 20.4. The van der Waals surface area contributed by atoms with Gasteiger partial charge in [0, 0.05) is 6.42 Å². The first-order chi connectivity index (χ1) is 11.1. The molecule has 0 saturated carbocycles. The molecule has 2 N–H and O–H groups in total. The van der Waals surface area contributed by atoms with Gasteiger partial charge in [0.25, 0.3) is 0 Å². The van der Waals surface area contributed by atoms with Gasteiger partial charge in [-0.15, -0.1) is 0 Å². The molecule has 1 heterocycles. The molecule has 5 heteroatoms. The summed E-state index contributed by atoms with van der Waals surface area (Å²) < 4.78 is 10.7. The minimum Gasteiger partial charge on any atom is -0.466 e. The van der Waals surface area contributed by atoms with E-state index in [0.717, 1.165) is 51.4 Å². The third kappa shape index (κ3) is 8.13. The molecule has 4 atom stereocenters. The first-order valence-electron chi connectivity index (χ1n) is 9.25. The highest BCUT2D eigenvalue weighted by molar-refractivity contribution is 5.69. The second-order valence-electron chi connectivity index (χ2n) is 6.47. The number of unbranched alkanes of at least 4 members (excludes halogenated alkanes) is 3. The van der Waals surface area contributed by atoms with Crippen LogP contribution in [0.25, 0.3) is 0 Å². The van der Waals surface area contributed by atoms with Crippen molar-refractivity contribution in [1.82, 2.24) is 0 Å². The van der Waals surface area contributed by atoms with Crippen molar-refractivity contribution in [3.8, 4) is 0 Å². The van der Waals surface area contributed by atoms with Crippen molar-refractivity contribution in [3.63, 3.8) is 0 Å². The van der Waals surface area contributed by atoms with Crippen LogP contribution in [0, 0.1) is 0 Å². The van der Waals surface area contributed by atoms with E-state index in [1.54, 1.807) is 6.92 Å². The van der Waals surface area contributed by atoms with E-state index in [1.165, 1.54) is 0 Å². The molecule has 0 aromatic heterocycles. The molecular weight excluding hydrogens is 296 g/mol. The predicted molar refractivity (Wildman–Crippen MR) is 89.2 cm³/mol. The number of aliphatic hydroxyl groups is 2. The quantitative estimate of drug-likeness (QED) is 0.425. The number of carbonyl (C=O) groups is 1. The van der Waals surface area contributed by atoms with Crippen molar-refractivity contribution < 1.29 is 24.5 Å². The van der Waals surface area contributed by atoms with Crippen LogP contribution in [0.4, 0.5) is 0 Å². The molecule has 1 rings (SSSR count). The average Bonchev–Trinajstić information content (AvgIpc) is 3.02. The van der Waals surface area contributed by atoms with E-state index in [2.05, 4.69) is 6.92 Å². The van der Waals surface area contributed by atoms with E-state index in [1.807, 2.05) is 0 Å². The van der Waals surface area contributed by atoms with Gasteiger partial charge in [0.15, 0.2) is 0 Å². The lowest BCUT2D eigenvalue weighted by Gasteiger charge is -2.22. The molecule has 1 fully saturated rings. The monoisotopic (exact) mass is 330 g/mol. The van der Waals surface area contributed by atoms with E-state index < -0.39 is 12.2 Å². The summed E-state index contributed by atoms with van der Waals surface area (Å²) in [6, 6.07) is 0. The molecule has 136 valence electrons. The van der Waals surface area contributed by atoms with Crippen LogP contribution in [0.1, 0.15) is 78.1 Å². The number of ether oxygens (including phenoxy) is 2. The van der Waals surface area contributed by atoms with E-state index in [-0.39, 0.29) is 18.2 Å². The zero-order valence-electron chi connectivity index (χ0n) is 14.7. The molecule has 5 nitrogen and oxygen atoms in total. The van der Waals surface area contributed by atoms with Crippen LogP contribution in [0.5, 0.6) is 0 Å². The van der Waals surface area contributed by atoms with E-state index in [4.69, 9.17) is 9.47 Å². The minimum atomic E-state index is -0.509. The maximum absolute atomic E-state index is 11.2. The SMILES string of the molecule is CCCCC[C@H](O)[C@@H]1CC[C@H]([C@H](O)CCCCC(=O)OCC)O1. The zero-order valence-corrected chi connectivity index (χ0v) is 14.7. The van der Waals surface area contributed by atoms with Crippen molar-refractivity contribution >= 4 is 5.97 Å². The third-order valence-electron chi connectivity index (χ3n) is 4.48. The fourth-order valence-corrected chi connectivity index (χ4v) is 3.09. The molecule has 0 aromatic carbocycles. The molecule has 1 aliphatic heterocycles. The van der Waals surface area contributed by atoms with Gasteiger partial charge in [0.05, 0.1) is 31.0 Å². The first-order valence-corrected chi connectivity index (χ1v) is 9.25. The fourth-order valence-electron chi connectivity index (χ4n) is 3.09. The normalized spacial score (nSPS) is 23.7. The lowest BCUT2D eigenvalue weighted by Crippen LogP contribution is -2.31. The molecule has 23 heavy (non-hydrogen) atoms. The second kappa shape index (κ2) is 11.8. The molecule has 0 spiro atoms. The van der Waals surface area contributed by atoms with Crippen molar-refractivity contribution in [1.29, 1.82) is 0 Å². The van der Waals surface area contributed by atoms with Crippen LogP contribution in [0.15, 0.2) is 0 Å². The molecule has 0 radical (unpaired) electrons. The number of hydrogen-bond acceptors (Lipinski definition) is 5. The predicted octanol–water partition coefficient (Wildman–Crippen LogP) is 2.96. The third-order valence-corrected chi connectivity index (χ3v) is 4.48. The molecular formula is C18H34O5. The maximum atomic E-state index is 11.2. The Hall–Kier alpha value is -0.650. The molecule has 0 amide bonds. The van der Waals surface area contributed by atoms with Gasteiger partial charge in [-0.25, -0.2) is 0 Å². The Labute approximate surface area is 140 Å². The summed E-state index contributed by atoms with van der Waals surface area (Å²) in [5.74, 6) is -0.172. The number of rotatable bonds is 12. The highest BCUT2D eigenvalue weighted by atomic mass is 16.5. The largest absolute Gasteiger partial charge is 0.466 e. The molecule has 0 bridgehead atoms. The van der Waals surface area contributed by atoms with Crippen molar-refractivity contribution in [3.05, 3.63) is 0 Å². The highest BCUT2D eigenvalue weighted by Gasteiger charge is 2.33. The Morgan fingerprint density at radius 3 is 2.13 bits per heavy atom. The second-order valence-corrected chi connectivity index (χ2v) is 6.47. The maximum Gasteiger partial charge on any atom is 0.305 e. The van der Waals surface area contributed by atoms with Gasteiger partial charge in [-0.2, -0.15) is 0 Å². The summed E-state index contributed by atoms with van der Waals surface area (Å²) >= 11 is 0. The molecule has 1 aliphatic rings. The number of carbonyl (C=O) groups excluding carboxylic acids is 1. The Kier molecular flexibility index (Phi) is 10.5. The van der Waals surface area contributed by atoms with Crippen LogP contribution < -0.4 is 0 Å². The fraction of sp³-hybridized carbons (Fsp3) is 0.944. The Morgan fingerprint density at radius 2 is 1.61 bits per heavy atom. The van der Waals surface area contributed by atoms with Gasteiger partial charge >= 0.3 is 5.97 Å². The van der Waals surface area contributed by atoms with Crippen LogP contribution in [0.3, 0.4) is 0 Å². The smallest absolute Gasteiger partial charge is 0.305 e. The summed E-state index contributed by atoms with van der Waals surface area (Å²) in [7, 11) is 0. The zero-order chi connectivity index (χ0) is 17.1. The molecule has 1 saturated heterocycles. The van der Waals surface area contributed by atoms with Crippen molar-refractivity contribution in [2.45, 2.75) is 102 Å². The standard InChI is InChI=1S/C18H34O5/c1-3-5-6-9-14(19)16-12-13-17(23-16)15(20)10-7-8-11-18(21)22-4-2/h14-17,19-20H,3-13H2,1-2H3/t14-,15+,16-,17+/m0/s1. The van der Waals surface area contributed by atoms with Gasteiger partial charge in [0.1, 0.15) is 0 Å².